The number of benzene rings is 3. The van der Waals surface area contributed by atoms with Crippen molar-refractivity contribution in [3.63, 3.8) is 0 Å². The Hall–Kier alpha value is -2.49. The lowest BCUT2D eigenvalue weighted by Gasteiger charge is -2.32. The highest BCUT2D eigenvalue weighted by molar-refractivity contribution is 7.92. The number of sulfonamides is 1. The minimum Gasteiger partial charge on any atom is -0.492 e. The second-order valence-electron chi connectivity index (χ2n) is 8.27. The molecular weight excluding hydrogens is 521 g/mol. The Kier molecular flexibility index (Phi) is 10.3. The van der Waals surface area contributed by atoms with E-state index < -0.39 is 16.3 Å². The lowest BCUT2D eigenvalue weighted by molar-refractivity contribution is 0.0635. The van der Waals surface area contributed by atoms with Gasteiger partial charge in [-0.1, -0.05) is 35.3 Å². The topological polar surface area (TPSA) is 71.1 Å². The Morgan fingerprint density at radius 1 is 0.889 bits per heavy atom. The quantitative estimate of drug-likeness (QED) is 0.220. The second kappa shape index (κ2) is 13.2. The van der Waals surface area contributed by atoms with Gasteiger partial charge >= 0.3 is 0 Å². The lowest BCUT2D eigenvalue weighted by atomic mass is 10.2. The molecule has 0 fully saturated rings. The number of rotatable bonds is 13. The monoisotopic (exact) mass is 551 g/mol. The number of para-hydroxylation sites is 2. The zero-order chi connectivity index (χ0) is 26.1. The molecule has 1 atom stereocenters. The Bertz CT molecular complexity index is 1210. The van der Waals surface area contributed by atoms with Crippen molar-refractivity contribution in [2.24, 2.45) is 0 Å². The molecule has 7 nitrogen and oxygen atoms in total. The number of halogens is 2. The largest absolute Gasteiger partial charge is 0.492 e. The van der Waals surface area contributed by atoms with Gasteiger partial charge in [-0.25, -0.2) is 12.7 Å². The van der Waals surface area contributed by atoms with Crippen LogP contribution in [0.25, 0.3) is 0 Å². The molecule has 0 bridgehead atoms. The van der Waals surface area contributed by atoms with E-state index in [1.807, 2.05) is 31.1 Å². The van der Waals surface area contributed by atoms with Gasteiger partial charge < -0.3 is 19.7 Å². The van der Waals surface area contributed by atoms with Gasteiger partial charge in [0.2, 0.25) is 0 Å². The second-order valence-corrected chi connectivity index (χ2v) is 11.0. The zero-order valence-electron chi connectivity index (χ0n) is 20.5. The molecule has 0 aromatic heterocycles. The van der Waals surface area contributed by atoms with Crippen molar-refractivity contribution in [3.8, 4) is 5.75 Å². The molecule has 0 amide bonds. The predicted octanol–water partition coefficient (Wildman–Crippen LogP) is 5.60. The fourth-order valence-corrected chi connectivity index (χ4v) is 5.24. The SMILES string of the molecule is CC(OCCN(C)C)N(c1ccccc1NCCOc1ccc(Cl)cc1)S(=O)(=O)c1ccc(Cl)cc1. The van der Waals surface area contributed by atoms with E-state index in [1.54, 1.807) is 55.5 Å². The number of hydrogen-bond donors (Lipinski definition) is 1. The van der Waals surface area contributed by atoms with Gasteiger partial charge in [-0.15, -0.1) is 0 Å². The number of likely N-dealkylation sites (N-methyl/N-ethyl adjacent to an activating group) is 1. The molecule has 194 valence electrons. The Labute approximate surface area is 223 Å². The fourth-order valence-electron chi connectivity index (χ4n) is 3.42. The van der Waals surface area contributed by atoms with Crippen molar-refractivity contribution in [3.05, 3.63) is 82.8 Å². The molecule has 1 N–H and O–H groups in total. The van der Waals surface area contributed by atoms with E-state index in [-0.39, 0.29) is 4.90 Å². The number of nitrogens with zero attached hydrogens (tertiary/aromatic N) is 2. The minimum absolute atomic E-state index is 0.121. The van der Waals surface area contributed by atoms with E-state index in [0.717, 1.165) is 0 Å². The highest BCUT2D eigenvalue weighted by atomic mass is 35.5. The van der Waals surface area contributed by atoms with Crippen LogP contribution in [-0.2, 0) is 14.8 Å². The van der Waals surface area contributed by atoms with Crippen LogP contribution in [0.4, 0.5) is 11.4 Å². The summed E-state index contributed by atoms with van der Waals surface area (Å²) in [6.45, 7) is 3.56. The third-order valence-electron chi connectivity index (χ3n) is 5.24. The smallest absolute Gasteiger partial charge is 0.266 e. The maximum atomic E-state index is 13.8. The highest BCUT2D eigenvalue weighted by Crippen LogP contribution is 2.33. The van der Waals surface area contributed by atoms with E-state index in [2.05, 4.69) is 5.32 Å². The van der Waals surface area contributed by atoms with Crippen LogP contribution in [0, 0.1) is 0 Å². The predicted molar refractivity (Wildman–Crippen MR) is 147 cm³/mol. The summed E-state index contributed by atoms with van der Waals surface area (Å²) in [6.07, 6.45) is -0.765. The molecule has 1 unspecified atom stereocenters. The first-order chi connectivity index (χ1) is 17.2. The summed E-state index contributed by atoms with van der Waals surface area (Å²) < 4.78 is 40.6. The van der Waals surface area contributed by atoms with Crippen LogP contribution in [0.5, 0.6) is 5.75 Å². The first-order valence-corrected chi connectivity index (χ1v) is 13.7. The van der Waals surface area contributed by atoms with E-state index in [4.69, 9.17) is 32.7 Å². The van der Waals surface area contributed by atoms with Crippen LogP contribution in [0.15, 0.2) is 77.7 Å². The molecule has 3 aromatic carbocycles. The average Bonchev–Trinajstić information content (AvgIpc) is 2.84. The molecule has 0 spiro atoms. The third-order valence-corrected chi connectivity index (χ3v) is 7.62. The van der Waals surface area contributed by atoms with Crippen LogP contribution in [-0.4, -0.2) is 59.9 Å². The van der Waals surface area contributed by atoms with Crippen molar-refractivity contribution in [2.75, 3.05) is 50.0 Å². The van der Waals surface area contributed by atoms with Crippen LogP contribution in [0.2, 0.25) is 10.0 Å². The number of hydrogen-bond acceptors (Lipinski definition) is 6. The maximum absolute atomic E-state index is 13.8. The number of ether oxygens (including phenoxy) is 2. The van der Waals surface area contributed by atoms with Gasteiger partial charge in [0, 0.05) is 23.1 Å². The first-order valence-electron chi connectivity index (χ1n) is 11.5. The minimum atomic E-state index is -3.97. The van der Waals surface area contributed by atoms with Gasteiger partial charge in [0.15, 0.2) is 0 Å². The van der Waals surface area contributed by atoms with Gasteiger partial charge in [-0.2, -0.15) is 0 Å². The van der Waals surface area contributed by atoms with E-state index in [0.29, 0.717) is 53.5 Å². The van der Waals surface area contributed by atoms with Crippen molar-refractivity contribution in [1.29, 1.82) is 0 Å². The number of anilines is 2. The lowest BCUT2D eigenvalue weighted by Crippen LogP contribution is -2.41. The molecule has 0 aliphatic carbocycles. The van der Waals surface area contributed by atoms with Gasteiger partial charge in [0.05, 0.1) is 22.9 Å². The maximum Gasteiger partial charge on any atom is 0.266 e. The molecule has 10 heteroatoms. The summed E-state index contributed by atoms with van der Waals surface area (Å²) in [5.41, 5.74) is 1.11. The van der Waals surface area contributed by atoms with Gasteiger partial charge in [-0.05, 0) is 81.7 Å². The van der Waals surface area contributed by atoms with Gasteiger partial charge in [-0.3, -0.25) is 0 Å². The van der Waals surface area contributed by atoms with Crippen LogP contribution in [0.1, 0.15) is 6.92 Å². The molecule has 3 rings (SSSR count). The highest BCUT2D eigenvalue weighted by Gasteiger charge is 2.31. The molecule has 0 radical (unpaired) electrons. The third kappa shape index (κ3) is 7.75. The molecule has 0 saturated carbocycles. The molecule has 0 aliphatic heterocycles. The van der Waals surface area contributed by atoms with Crippen LogP contribution >= 0.6 is 23.2 Å². The molecule has 0 aliphatic rings. The zero-order valence-corrected chi connectivity index (χ0v) is 22.9. The van der Waals surface area contributed by atoms with Crippen LogP contribution < -0.4 is 14.4 Å². The first kappa shape index (κ1) is 28.1. The molecule has 36 heavy (non-hydrogen) atoms. The molecule has 0 heterocycles. The molecule has 3 aromatic rings. The Morgan fingerprint density at radius 2 is 1.50 bits per heavy atom. The van der Waals surface area contributed by atoms with Crippen molar-refractivity contribution >= 4 is 44.6 Å². The van der Waals surface area contributed by atoms with Crippen LogP contribution in [0.3, 0.4) is 0 Å². The summed E-state index contributed by atoms with van der Waals surface area (Å²) in [5, 5.41) is 4.39. The van der Waals surface area contributed by atoms with Crippen molar-refractivity contribution in [2.45, 2.75) is 18.0 Å². The van der Waals surface area contributed by atoms with Crippen molar-refractivity contribution < 1.29 is 17.9 Å². The van der Waals surface area contributed by atoms with E-state index >= 15 is 0 Å². The van der Waals surface area contributed by atoms with Gasteiger partial charge in [0.25, 0.3) is 10.0 Å². The van der Waals surface area contributed by atoms with Gasteiger partial charge in [0.1, 0.15) is 18.6 Å². The Morgan fingerprint density at radius 3 is 2.14 bits per heavy atom. The summed E-state index contributed by atoms with van der Waals surface area (Å²) in [6, 6.07) is 20.4. The normalized spacial score (nSPS) is 12.4. The standard InChI is InChI=1S/C26H31Cl2N3O4S/c1-20(34-19-17-30(2)3)31(36(32,33)24-14-10-22(28)11-15-24)26-7-5-4-6-25(26)29-16-18-35-23-12-8-21(27)9-13-23/h4-15,20,29H,16-19H2,1-3H3. The summed E-state index contributed by atoms with van der Waals surface area (Å²) in [7, 11) is -0.104. The van der Waals surface area contributed by atoms with Crippen molar-refractivity contribution in [1.82, 2.24) is 4.90 Å². The van der Waals surface area contributed by atoms with E-state index in [9.17, 15) is 8.42 Å². The van der Waals surface area contributed by atoms with E-state index in [1.165, 1.54) is 16.4 Å². The Balaban J connectivity index is 1.84. The average molecular weight is 553 g/mol. The fraction of sp³-hybridized carbons (Fsp3) is 0.308. The summed E-state index contributed by atoms with van der Waals surface area (Å²) >= 11 is 11.9. The number of nitrogens with one attached hydrogen (secondary N) is 1. The summed E-state index contributed by atoms with van der Waals surface area (Å²) in [4.78, 5) is 2.09. The molecule has 0 saturated heterocycles. The molecular formula is C26H31Cl2N3O4S. The summed E-state index contributed by atoms with van der Waals surface area (Å²) in [5.74, 6) is 0.698.